The minimum absolute atomic E-state index is 0.132. The molecule has 3 nitrogen and oxygen atoms in total. The van der Waals surface area contributed by atoms with Gasteiger partial charge in [-0.2, -0.15) is 0 Å². The zero-order valence-corrected chi connectivity index (χ0v) is 11.5. The normalized spacial score (nSPS) is 10.2. The van der Waals surface area contributed by atoms with E-state index in [1.807, 2.05) is 0 Å². The molecule has 2 aromatic rings. The highest BCUT2D eigenvalue weighted by molar-refractivity contribution is 7.13. The van der Waals surface area contributed by atoms with Crippen molar-refractivity contribution in [2.75, 3.05) is 14.2 Å². The summed E-state index contributed by atoms with van der Waals surface area (Å²) in [6.07, 6.45) is 0. The molecule has 0 atom stereocenters. The van der Waals surface area contributed by atoms with Gasteiger partial charge in [-0.25, -0.2) is 0 Å². The number of thiophene rings is 1. The van der Waals surface area contributed by atoms with Crippen LogP contribution in [0.1, 0.15) is 15.2 Å². The molecule has 0 N–H and O–H groups in total. The number of carbonyl (C=O) groups excluding carboxylic acids is 1. The average molecular weight is 283 g/mol. The summed E-state index contributed by atoms with van der Waals surface area (Å²) in [6, 6.07) is 6.76. The van der Waals surface area contributed by atoms with Crippen LogP contribution >= 0.6 is 22.9 Å². The molecule has 0 aliphatic rings. The Morgan fingerprint density at radius 2 is 1.78 bits per heavy atom. The van der Waals surface area contributed by atoms with Crippen molar-refractivity contribution in [3.8, 4) is 11.5 Å². The number of rotatable bonds is 4. The molecule has 18 heavy (non-hydrogen) atoms. The number of hydrogen-bond acceptors (Lipinski definition) is 4. The van der Waals surface area contributed by atoms with Crippen LogP contribution in [0.2, 0.25) is 5.02 Å². The Morgan fingerprint density at radius 3 is 2.22 bits per heavy atom. The van der Waals surface area contributed by atoms with Gasteiger partial charge in [0.2, 0.25) is 5.78 Å². The molecule has 0 radical (unpaired) electrons. The van der Waals surface area contributed by atoms with E-state index in [2.05, 4.69) is 0 Å². The van der Waals surface area contributed by atoms with E-state index in [9.17, 15) is 4.79 Å². The fraction of sp³-hybridized carbons (Fsp3) is 0.154. The topological polar surface area (TPSA) is 35.5 Å². The van der Waals surface area contributed by atoms with Crippen molar-refractivity contribution in [1.82, 2.24) is 0 Å². The quantitative estimate of drug-likeness (QED) is 0.803. The van der Waals surface area contributed by atoms with Crippen molar-refractivity contribution >= 4 is 28.7 Å². The van der Waals surface area contributed by atoms with Crippen LogP contribution < -0.4 is 9.47 Å². The monoisotopic (exact) mass is 282 g/mol. The van der Waals surface area contributed by atoms with Gasteiger partial charge in [-0.05, 0) is 23.6 Å². The van der Waals surface area contributed by atoms with E-state index < -0.39 is 0 Å². The third-order valence-electron chi connectivity index (χ3n) is 2.44. The minimum atomic E-state index is -0.132. The summed E-state index contributed by atoms with van der Waals surface area (Å²) < 4.78 is 10.3. The van der Waals surface area contributed by atoms with Gasteiger partial charge in [-0.15, -0.1) is 11.3 Å². The van der Waals surface area contributed by atoms with Crippen LogP contribution in [-0.4, -0.2) is 20.0 Å². The molecule has 1 aromatic carbocycles. The number of benzene rings is 1. The second kappa shape index (κ2) is 5.42. The predicted octanol–water partition coefficient (Wildman–Crippen LogP) is 3.65. The SMILES string of the molecule is COc1cc(OC)cc(C(=O)c2sccc2Cl)c1. The lowest BCUT2D eigenvalue weighted by Crippen LogP contribution is -2.01. The molecule has 0 aliphatic carbocycles. The predicted molar refractivity (Wildman–Crippen MR) is 72.3 cm³/mol. The Bertz CT molecular complexity index is 555. The molecule has 0 aliphatic heterocycles. The maximum Gasteiger partial charge on any atom is 0.204 e. The third kappa shape index (κ3) is 2.49. The lowest BCUT2D eigenvalue weighted by Gasteiger charge is -2.07. The summed E-state index contributed by atoms with van der Waals surface area (Å²) in [6.45, 7) is 0. The van der Waals surface area contributed by atoms with Gasteiger partial charge in [0.25, 0.3) is 0 Å². The summed E-state index contributed by atoms with van der Waals surface area (Å²) in [5, 5.41) is 2.25. The van der Waals surface area contributed by atoms with E-state index in [0.29, 0.717) is 27.0 Å². The van der Waals surface area contributed by atoms with E-state index in [1.165, 1.54) is 11.3 Å². The molecule has 0 bridgehead atoms. The van der Waals surface area contributed by atoms with E-state index in [4.69, 9.17) is 21.1 Å². The molecule has 0 fully saturated rings. The van der Waals surface area contributed by atoms with Crippen LogP contribution in [0.25, 0.3) is 0 Å². The van der Waals surface area contributed by atoms with Crippen molar-refractivity contribution in [3.63, 3.8) is 0 Å². The van der Waals surface area contributed by atoms with Gasteiger partial charge in [0, 0.05) is 11.6 Å². The first-order valence-corrected chi connectivity index (χ1v) is 6.42. The summed E-state index contributed by atoms with van der Waals surface area (Å²) in [5.41, 5.74) is 0.496. The Labute approximate surface area is 114 Å². The highest BCUT2D eigenvalue weighted by atomic mass is 35.5. The number of hydrogen-bond donors (Lipinski definition) is 0. The largest absolute Gasteiger partial charge is 0.497 e. The number of ether oxygens (including phenoxy) is 2. The highest BCUT2D eigenvalue weighted by Crippen LogP contribution is 2.29. The number of halogens is 1. The average Bonchev–Trinajstić information content (AvgIpc) is 2.83. The zero-order chi connectivity index (χ0) is 13.1. The second-order valence-corrected chi connectivity index (χ2v) is 4.85. The van der Waals surface area contributed by atoms with Gasteiger partial charge in [-0.1, -0.05) is 11.6 Å². The maximum atomic E-state index is 12.3. The van der Waals surface area contributed by atoms with Crippen LogP contribution in [-0.2, 0) is 0 Å². The molecular formula is C13H11ClO3S. The van der Waals surface area contributed by atoms with E-state index in [0.717, 1.165) is 0 Å². The van der Waals surface area contributed by atoms with Gasteiger partial charge in [0.15, 0.2) is 0 Å². The van der Waals surface area contributed by atoms with E-state index >= 15 is 0 Å². The van der Waals surface area contributed by atoms with Gasteiger partial charge in [0.05, 0.1) is 24.1 Å². The smallest absolute Gasteiger partial charge is 0.204 e. The van der Waals surface area contributed by atoms with Gasteiger partial charge < -0.3 is 9.47 Å². The molecule has 0 unspecified atom stereocenters. The Hall–Kier alpha value is -1.52. The Balaban J connectivity index is 2.44. The van der Waals surface area contributed by atoms with Crippen molar-refractivity contribution < 1.29 is 14.3 Å². The summed E-state index contributed by atoms with van der Waals surface area (Å²) in [7, 11) is 3.09. The van der Waals surface area contributed by atoms with Crippen LogP contribution in [0, 0.1) is 0 Å². The van der Waals surface area contributed by atoms with Gasteiger partial charge >= 0.3 is 0 Å². The molecule has 1 aromatic heterocycles. The first-order chi connectivity index (χ1) is 8.65. The third-order valence-corrected chi connectivity index (χ3v) is 3.78. The Morgan fingerprint density at radius 1 is 1.17 bits per heavy atom. The van der Waals surface area contributed by atoms with Gasteiger partial charge in [0.1, 0.15) is 11.5 Å². The molecule has 1 heterocycles. The number of carbonyl (C=O) groups is 1. The van der Waals surface area contributed by atoms with E-state index in [-0.39, 0.29) is 5.78 Å². The maximum absolute atomic E-state index is 12.3. The molecule has 0 amide bonds. The molecule has 0 spiro atoms. The van der Waals surface area contributed by atoms with Crippen LogP contribution in [0.3, 0.4) is 0 Å². The molecule has 2 rings (SSSR count). The lowest BCUT2D eigenvalue weighted by molar-refractivity contribution is 0.104. The summed E-state index contributed by atoms with van der Waals surface area (Å²) in [4.78, 5) is 12.8. The summed E-state index contributed by atoms with van der Waals surface area (Å²) >= 11 is 7.28. The first-order valence-electron chi connectivity index (χ1n) is 5.16. The summed E-state index contributed by atoms with van der Waals surface area (Å²) in [5.74, 6) is 1.02. The molecule has 94 valence electrons. The zero-order valence-electron chi connectivity index (χ0n) is 9.90. The van der Waals surface area contributed by atoms with Crippen molar-refractivity contribution in [3.05, 3.63) is 45.1 Å². The lowest BCUT2D eigenvalue weighted by atomic mass is 10.1. The highest BCUT2D eigenvalue weighted by Gasteiger charge is 2.16. The first kappa shape index (κ1) is 12.9. The van der Waals surface area contributed by atoms with E-state index in [1.54, 1.807) is 43.9 Å². The van der Waals surface area contributed by atoms with Crippen LogP contribution in [0.4, 0.5) is 0 Å². The fourth-order valence-corrected chi connectivity index (χ4v) is 2.63. The second-order valence-electron chi connectivity index (χ2n) is 3.53. The van der Waals surface area contributed by atoms with Crippen molar-refractivity contribution in [2.45, 2.75) is 0 Å². The van der Waals surface area contributed by atoms with Crippen molar-refractivity contribution in [1.29, 1.82) is 0 Å². The number of methoxy groups -OCH3 is 2. The number of ketones is 1. The van der Waals surface area contributed by atoms with Crippen LogP contribution in [0.5, 0.6) is 11.5 Å². The molecule has 0 saturated heterocycles. The molecular weight excluding hydrogens is 272 g/mol. The fourth-order valence-electron chi connectivity index (χ4n) is 1.53. The Kier molecular flexibility index (Phi) is 3.89. The van der Waals surface area contributed by atoms with Gasteiger partial charge in [-0.3, -0.25) is 4.79 Å². The minimum Gasteiger partial charge on any atom is -0.497 e. The van der Waals surface area contributed by atoms with Crippen LogP contribution in [0.15, 0.2) is 29.6 Å². The standard InChI is InChI=1S/C13H11ClO3S/c1-16-9-5-8(6-10(7-9)17-2)12(15)13-11(14)3-4-18-13/h3-7H,1-2H3. The molecule has 0 saturated carbocycles. The van der Waals surface area contributed by atoms with Crippen molar-refractivity contribution in [2.24, 2.45) is 0 Å². The molecule has 5 heteroatoms.